The predicted molar refractivity (Wildman–Crippen MR) is 115 cm³/mol. The maximum atomic E-state index is 12.5. The second-order valence-corrected chi connectivity index (χ2v) is 8.35. The average molecular weight is 430 g/mol. The standard InChI is InChI=1S/C24H30O7/c1-5-17(13-25)8-6-7-9-21(27)31-19-11-10-18-12-20(26)24(30,16(3)22(28)29)14-23(18,4)15(19)2/h6-12,15,17,19,25,30H,3,5,13-14H2,1-2,4H3,(H,28,29). The van der Waals surface area contributed by atoms with Crippen molar-refractivity contribution in [2.75, 3.05) is 6.61 Å². The van der Waals surface area contributed by atoms with Gasteiger partial charge in [0.1, 0.15) is 6.10 Å². The van der Waals surface area contributed by atoms with Crippen molar-refractivity contribution >= 4 is 17.7 Å². The second-order valence-electron chi connectivity index (χ2n) is 8.35. The highest BCUT2D eigenvalue weighted by Crippen LogP contribution is 2.52. The Labute approximate surface area is 182 Å². The quantitative estimate of drug-likeness (QED) is 0.307. The molecule has 0 fully saturated rings. The van der Waals surface area contributed by atoms with E-state index in [0.29, 0.717) is 5.57 Å². The first-order chi connectivity index (χ1) is 14.5. The van der Waals surface area contributed by atoms with Gasteiger partial charge in [-0.15, -0.1) is 0 Å². The monoisotopic (exact) mass is 430 g/mol. The molecule has 2 aliphatic rings. The number of aliphatic hydroxyl groups is 2. The number of allylic oxidation sites excluding steroid dienone is 4. The highest BCUT2D eigenvalue weighted by atomic mass is 16.5. The van der Waals surface area contributed by atoms with Crippen LogP contribution in [-0.2, 0) is 19.1 Å². The van der Waals surface area contributed by atoms with Crippen LogP contribution in [0.15, 0.2) is 60.3 Å². The van der Waals surface area contributed by atoms with Crippen LogP contribution in [-0.4, -0.2) is 51.4 Å². The van der Waals surface area contributed by atoms with Gasteiger partial charge in [0.15, 0.2) is 11.4 Å². The van der Waals surface area contributed by atoms with E-state index in [1.165, 1.54) is 12.2 Å². The summed E-state index contributed by atoms with van der Waals surface area (Å²) in [5, 5.41) is 29.3. The lowest BCUT2D eigenvalue weighted by Gasteiger charge is -2.48. The Morgan fingerprint density at radius 2 is 2.06 bits per heavy atom. The van der Waals surface area contributed by atoms with Crippen LogP contribution in [0.3, 0.4) is 0 Å². The predicted octanol–water partition coefficient (Wildman–Crippen LogP) is 2.51. The van der Waals surface area contributed by atoms with Gasteiger partial charge >= 0.3 is 11.9 Å². The summed E-state index contributed by atoms with van der Waals surface area (Å²) in [6.45, 7) is 9.01. The molecule has 0 bridgehead atoms. The zero-order chi connectivity index (χ0) is 23.4. The molecular weight excluding hydrogens is 400 g/mol. The van der Waals surface area contributed by atoms with Gasteiger partial charge in [-0.1, -0.05) is 51.7 Å². The molecule has 0 spiro atoms. The molecule has 3 N–H and O–H groups in total. The molecule has 0 aromatic carbocycles. The van der Waals surface area contributed by atoms with Crippen molar-refractivity contribution in [3.63, 3.8) is 0 Å². The van der Waals surface area contributed by atoms with Gasteiger partial charge in [0.2, 0.25) is 0 Å². The minimum atomic E-state index is -2.22. The van der Waals surface area contributed by atoms with Crippen LogP contribution in [0, 0.1) is 17.3 Å². The van der Waals surface area contributed by atoms with Gasteiger partial charge in [-0.05, 0) is 36.5 Å². The van der Waals surface area contributed by atoms with Crippen LogP contribution < -0.4 is 0 Å². The van der Waals surface area contributed by atoms with Gasteiger partial charge < -0.3 is 20.1 Å². The summed E-state index contributed by atoms with van der Waals surface area (Å²) in [5.41, 5.74) is -2.95. The highest BCUT2D eigenvalue weighted by Gasteiger charge is 2.54. The minimum Gasteiger partial charge on any atom is -0.478 e. The zero-order valence-electron chi connectivity index (χ0n) is 18.1. The van der Waals surface area contributed by atoms with Gasteiger partial charge in [0.25, 0.3) is 0 Å². The molecule has 2 rings (SSSR count). The van der Waals surface area contributed by atoms with Crippen LogP contribution in [0.25, 0.3) is 0 Å². The molecule has 0 heterocycles. The van der Waals surface area contributed by atoms with E-state index >= 15 is 0 Å². The van der Waals surface area contributed by atoms with E-state index in [0.717, 1.165) is 6.42 Å². The fourth-order valence-electron chi connectivity index (χ4n) is 3.96. The van der Waals surface area contributed by atoms with Gasteiger partial charge in [-0.2, -0.15) is 0 Å². The Morgan fingerprint density at radius 1 is 1.39 bits per heavy atom. The molecule has 7 nitrogen and oxygen atoms in total. The van der Waals surface area contributed by atoms with Crippen LogP contribution in [0.2, 0.25) is 0 Å². The molecule has 168 valence electrons. The molecule has 0 saturated carbocycles. The molecule has 2 aliphatic carbocycles. The summed E-state index contributed by atoms with van der Waals surface area (Å²) in [5.74, 6) is -3.03. The smallest absolute Gasteiger partial charge is 0.334 e. The molecule has 0 amide bonds. The van der Waals surface area contributed by atoms with Gasteiger partial charge in [0, 0.05) is 24.0 Å². The van der Waals surface area contributed by atoms with Crippen molar-refractivity contribution < 1.29 is 34.4 Å². The van der Waals surface area contributed by atoms with E-state index in [1.54, 1.807) is 37.3 Å². The number of carboxylic acids is 1. The van der Waals surface area contributed by atoms with Crippen LogP contribution in [0.5, 0.6) is 0 Å². The van der Waals surface area contributed by atoms with Crippen molar-refractivity contribution in [2.24, 2.45) is 17.3 Å². The number of ketones is 1. The summed E-state index contributed by atoms with van der Waals surface area (Å²) in [7, 11) is 0. The lowest BCUT2D eigenvalue weighted by molar-refractivity contribution is -0.148. The van der Waals surface area contributed by atoms with Gasteiger partial charge in [-0.3, -0.25) is 4.79 Å². The summed E-state index contributed by atoms with van der Waals surface area (Å²) >= 11 is 0. The third-order valence-corrected chi connectivity index (χ3v) is 6.44. The molecule has 5 atom stereocenters. The summed E-state index contributed by atoms with van der Waals surface area (Å²) in [6, 6.07) is 0. The second kappa shape index (κ2) is 9.58. The van der Waals surface area contributed by atoms with E-state index in [2.05, 4.69) is 6.58 Å². The number of fused-ring (bicyclic) bond motifs is 1. The number of carbonyl (C=O) groups excluding carboxylic acids is 2. The molecular formula is C24H30O7. The largest absolute Gasteiger partial charge is 0.478 e. The number of aliphatic hydroxyl groups excluding tert-OH is 1. The van der Waals surface area contributed by atoms with Crippen molar-refractivity contribution in [1.82, 2.24) is 0 Å². The number of ether oxygens (including phenoxy) is 1. The van der Waals surface area contributed by atoms with Gasteiger partial charge in [-0.25, -0.2) is 9.59 Å². The number of hydrogen-bond donors (Lipinski definition) is 3. The maximum absolute atomic E-state index is 12.5. The number of esters is 1. The van der Waals surface area contributed by atoms with E-state index in [9.17, 15) is 24.6 Å². The summed E-state index contributed by atoms with van der Waals surface area (Å²) in [6.07, 6.45) is 10.9. The fourth-order valence-corrected chi connectivity index (χ4v) is 3.96. The molecule has 31 heavy (non-hydrogen) atoms. The Bertz CT molecular complexity index is 874. The maximum Gasteiger partial charge on any atom is 0.334 e. The van der Waals surface area contributed by atoms with E-state index in [4.69, 9.17) is 9.84 Å². The molecule has 7 heteroatoms. The first-order valence-electron chi connectivity index (χ1n) is 10.3. The number of rotatable bonds is 8. The van der Waals surface area contributed by atoms with Crippen molar-refractivity contribution in [1.29, 1.82) is 0 Å². The number of carbonyl (C=O) groups is 3. The SMILES string of the molecule is C=C(C(=O)O)C1(O)CC2(C)C(=CC1=O)C=CC(OC(=O)C=CC=CC(CC)CO)C2C. The van der Waals surface area contributed by atoms with Crippen molar-refractivity contribution in [2.45, 2.75) is 45.3 Å². The van der Waals surface area contributed by atoms with Crippen molar-refractivity contribution in [3.05, 3.63) is 60.3 Å². The first-order valence-corrected chi connectivity index (χ1v) is 10.3. The molecule has 0 saturated heterocycles. The third-order valence-electron chi connectivity index (χ3n) is 6.44. The lowest BCUT2D eigenvalue weighted by Crippen LogP contribution is -2.53. The lowest BCUT2D eigenvalue weighted by atomic mass is 9.57. The Balaban J connectivity index is 2.18. The number of aliphatic carboxylic acids is 1. The summed E-state index contributed by atoms with van der Waals surface area (Å²) < 4.78 is 5.55. The fraction of sp³-hybridized carbons (Fsp3) is 0.458. The molecule has 0 aliphatic heterocycles. The van der Waals surface area contributed by atoms with Crippen LogP contribution in [0.4, 0.5) is 0 Å². The first kappa shape index (κ1) is 24.5. The Morgan fingerprint density at radius 3 is 2.65 bits per heavy atom. The molecule has 0 aromatic rings. The van der Waals surface area contributed by atoms with E-state index in [-0.39, 0.29) is 24.9 Å². The molecule has 0 radical (unpaired) electrons. The molecule has 5 unspecified atom stereocenters. The minimum absolute atomic E-state index is 0.0282. The third kappa shape index (κ3) is 4.94. The number of carboxylic acid groups (broad SMARTS) is 1. The summed E-state index contributed by atoms with van der Waals surface area (Å²) in [4.78, 5) is 36.1. The zero-order valence-corrected chi connectivity index (χ0v) is 18.1. The normalized spacial score (nSPS) is 31.4. The number of hydrogen-bond acceptors (Lipinski definition) is 6. The van der Waals surface area contributed by atoms with Crippen LogP contribution in [0.1, 0.15) is 33.6 Å². The van der Waals surface area contributed by atoms with E-state index in [1.807, 2.05) is 13.8 Å². The highest BCUT2D eigenvalue weighted by molar-refractivity contribution is 6.08. The topological polar surface area (TPSA) is 121 Å². The van der Waals surface area contributed by atoms with Gasteiger partial charge in [0.05, 0.1) is 5.57 Å². The van der Waals surface area contributed by atoms with E-state index < -0.39 is 40.4 Å². The Kier molecular flexibility index (Phi) is 7.57. The molecule has 0 aromatic heterocycles. The Hall–Kier alpha value is -2.77. The van der Waals surface area contributed by atoms with Crippen molar-refractivity contribution in [3.8, 4) is 0 Å². The average Bonchev–Trinajstić information content (AvgIpc) is 2.72. The van der Waals surface area contributed by atoms with Crippen LogP contribution >= 0.6 is 0 Å².